The maximum Gasteiger partial charge on any atom is 0.264 e. The van der Waals surface area contributed by atoms with Crippen LogP contribution < -0.4 is 14.5 Å². The van der Waals surface area contributed by atoms with E-state index in [0.29, 0.717) is 29.3 Å². The number of amides is 1. The molecule has 3 aromatic carbocycles. The van der Waals surface area contributed by atoms with Crippen LogP contribution in [-0.2, 0) is 14.8 Å². The van der Waals surface area contributed by atoms with E-state index in [1.165, 1.54) is 36.4 Å². The number of sulfonamides is 1. The first-order valence-electron chi connectivity index (χ1n) is 10.2. The summed E-state index contributed by atoms with van der Waals surface area (Å²) in [5, 5.41) is 4.02. The molecule has 33 heavy (non-hydrogen) atoms. The number of hydrazone groups is 1. The molecule has 3 aromatic rings. The number of carbonyl (C=O) groups excluding carboxylic acids is 1. The molecular weight excluding hydrogens is 445 g/mol. The van der Waals surface area contributed by atoms with E-state index < -0.39 is 22.5 Å². The van der Waals surface area contributed by atoms with Gasteiger partial charge in [-0.15, -0.1) is 0 Å². The fraction of sp³-hybridized carbons (Fsp3) is 0.167. The number of nitrogens with one attached hydrogen (secondary N) is 1. The summed E-state index contributed by atoms with van der Waals surface area (Å²) in [6.07, 6.45) is 0. The van der Waals surface area contributed by atoms with E-state index >= 15 is 0 Å². The van der Waals surface area contributed by atoms with Gasteiger partial charge in [0.1, 0.15) is 18.1 Å². The molecule has 1 N–H and O–H groups in total. The molecule has 0 aromatic heterocycles. The Bertz CT molecular complexity index is 1210. The summed E-state index contributed by atoms with van der Waals surface area (Å²) in [5.41, 5.74) is 3.75. The zero-order valence-electron chi connectivity index (χ0n) is 18.2. The fourth-order valence-electron chi connectivity index (χ4n) is 2.98. The summed E-state index contributed by atoms with van der Waals surface area (Å²) in [4.78, 5) is 12.7. The number of ether oxygens (including phenoxy) is 1. The molecule has 0 saturated carbocycles. The minimum absolute atomic E-state index is 0.0534. The van der Waals surface area contributed by atoms with E-state index in [9.17, 15) is 17.6 Å². The maximum absolute atomic E-state index is 13.3. The summed E-state index contributed by atoms with van der Waals surface area (Å²) in [6, 6.07) is 19.9. The van der Waals surface area contributed by atoms with Gasteiger partial charge in [0.15, 0.2) is 0 Å². The maximum atomic E-state index is 13.3. The molecule has 0 bridgehead atoms. The highest BCUT2D eigenvalue weighted by atomic mass is 32.2. The zero-order chi connectivity index (χ0) is 23.8. The van der Waals surface area contributed by atoms with Crippen LogP contribution in [0.4, 0.5) is 10.1 Å². The van der Waals surface area contributed by atoms with E-state index in [1.807, 2.05) is 6.92 Å². The quantitative estimate of drug-likeness (QED) is 0.380. The largest absolute Gasteiger partial charge is 0.494 e. The van der Waals surface area contributed by atoms with E-state index in [4.69, 9.17) is 4.74 Å². The van der Waals surface area contributed by atoms with Crippen LogP contribution in [0.1, 0.15) is 19.4 Å². The molecule has 172 valence electrons. The second kappa shape index (κ2) is 10.7. The van der Waals surface area contributed by atoms with E-state index in [-0.39, 0.29) is 10.7 Å². The van der Waals surface area contributed by atoms with Crippen molar-refractivity contribution < 1.29 is 22.3 Å². The second-order valence-electron chi connectivity index (χ2n) is 6.99. The summed E-state index contributed by atoms with van der Waals surface area (Å²) in [5.74, 6) is -0.431. The van der Waals surface area contributed by atoms with Gasteiger partial charge in [0.25, 0.3) is 15.9 Å². The second-order valence-corrected chi connectivity index (χ2v) is 8.85. The van der Waals surface area contributed by atoms with Crippen molar-refractivity contribution >= 4 is 27.3 Å². The van der Waals surface area contributed by atoms with Gasteiger partial charge in [-0.3, -0.25) is 9.10 Å². The molecule has 0 radical (unpaired) electrons. The normalized spacial score (nSPS) is 11.7. The molecule has 0 aliphatic heterocycles. The van der Waals surface area contributed by atoms with Crippen LogP contribution in [0.15, 0.2) is 88.9 Å². The highest BCUT2D eigenvalue weighted by molar-refractivity contribution is 7.92. The number of benzene rings is 3. The standard InChI is InChI=1S/C24H24FN3O4S/c1-3-32-22-15-13-21(14-16-22)28(33(30,31)23-7-5-4-6-8-23)17-24(29)27-26-18(2)19-9-11-20(25)12-10-19/h4-16H,3,17H2,1-2H3,(H,27,29)/b26-18-. The van der Waals surface area contributed by atoms with E-state index in [1.54, 1.807) is 49.4 Å². The Morgan fingerprint density at radius 2 is 1.64 bits per heavy atom. The number of nitrogens with zero attached hydrogens (tertiary/aromatic N) is 2. The predicted molar refractivity (Wildman–Crippen MR) is 125 cm³/mol. The minimum Gasteiger partial charge on any atom is -0.494 e. The summed E-state index contributed by atoms with van der Waals surface area (Å²) in [6.45, 7) is 3.47. The van der Waals surface area contributed by atoms with Gasteiger partial charge in [-0.05, 0) is 67.9 Å². The lowest BCUT2D eigenvalue weighted by atomic mass is 10.1. The Morgan fingerprint density at radius 3 is 2.24 bits per heavy atom. The minimum atomic E-state index is -4.03. The van der Waals surface area contributed by atoms with Crippen LogP contribution in [0.3, 0.4) is 0 Å². The number of halogens is 1. The summed E-state index contributed by atoms with van der Waals surface area (Å²) >= 11 is 0. The van der Waals surface area contributed by atoms with Crippen LogP contribution in [-0.4, -0.2) is 33.2 Å². The van der Waals surface area contributed by atoms with E-state index in [0.717, 1.165) is 4.31 Å². The van der Waals surface area contributed by atoms with Crippen molar-refractivity contribution in [1.82, 2.24) is 5.43 Å². The number of rotatable bonds is 9. The van der Waals surface area contributed by atoms with Crippen molar-refractivity contribution in [2.75, 3.05) is 17.5 Å². The SMILES string of the molecule is CCOc1ccc(N(CC(=O)N/N=C(/C)c2ccc(F)cc2)S(=O)(=O)c2ccccc2)cc1. The van der Waals surface area contributed by atoms with Crippen molar-refractivity contribution in [3.63, 3.8) is 0 Å². The molecule has 0 spiro atoms. The molecule has 0 unspecified atom stereocenters. The van der Waals surface area contributed by atoms with Crippen molar-refractivity contribution in [2.45, 2.75) is 18.7 Å². The van der Waals surface area contributed by atoms with Crippen molar-refractivity contribution in [2.24, 2.45) is 5.10 Å². The van der Waals surface area contributed by atoms with Gasteiger partial charge in [0, 0.05) is 0 Å². The van der Waals surface area contributed by atoms with Crippen LogP contribution in [0, 0.1) is 5.82 Å². The lowest BCUT2D eigenvalue weighted by molar-refractivity contribution is -0.119. The number of hydrogen-bond donors (Lipinski definition) is 1. The zero-order valence-corrected chi connectivity index (χ0v) is 19.0. The number of carbonyl (C=O) groups is 1. The van der Waals surface area contributed by atoms with Gasteiger partial charge in [-0.25, -0.2) is 18.2 Å². The smallest absolute Gasteiger partial charge is 0.264 e. The average molecular weight is 470 g/mol. The molecule has 7 nitrogen and oxygen atoms in total. The van der Waals surface area contributed by atoms with Crippen LogP contribution in [0.2, 0.25) is 0 Å². The molecule has 0 fully saturated rings. The third kappa shape index (κ3) is 6.17. The molecule has 0 atom stereocenters. The lowest BCUT2D eigenvalue weighted by Gasteiger charge is -2.24. The van der Waals surface area contributed by atoms with E-state index in [2.05, 4.69) is 10.5 Å². The first-order chi connectivity index (χ1) is 15.8. The molecule has 3 rings (SSSR count). The van der Waals surface area contributed by atoms with Gasteiger partial charge in [0.2, 0.25) is 0 Å². The Hall–Kier alpha value is -3.72. The third-order valence-electron chi connectivity index (χ3n) is 4.66. The third-order valence-corrected chi connectivity index (χ3v) is 6.45. The molecule has 0 heterocycles. The van der Waals surface area contributed by atoms with Crippen molar-refractivity contribution in [1.29, 1.82) is 0 Å². The van der Waals surface area contributed by atoms with Gasteiger partial charge < -0.3 is 4.74 Å². The first-order valence-corrected chi connectivity index (χ1v) is 11.6. The summed E-state index contributed by atoms with van der Waals surface area (Å²) in [7, 11) is -4.03. The molecule has 0 aliphatic carbocycles. The van der Waals surface area contributed by atoms with Gasteiger partial charge in [0.05, 0.1) is 22.9 Å². The monoisotopic (exact) mass is 469 g/mol. The van der Waals surface area contributed by atoms with Crippen molar-refractivity contribution in [3.05, 3.63) is 90.2 Å². The van der Waals surface area contributed by atoms with Crippen LogP contribution in [0.25, 0.3) is 0 Å². The fourth-order valence-corrected chi connectivity index (χ4v) is 4.42. The number of anilines is 1. The van der Waals surface area contributed by atoms with Crippen LogP contribution >= 0.6 is 0 Å². The molecule has 1 amide bonds. The molecule has 0 aliphatic rings. The Kier molecular flexibility index (Phi) is 7.78. The highest BCUT2D eigenvalue weighted by Crippen LogP contribution is 2.25. The van der Waals surface area contributed by atoms with Gasteiger partial charge in [-0.1, -0.05) is 30.3 Å². The Balaban J connectivity index is 1.85. The van der Waals surface area contributed by atoms with Gasteiger partial charge >= 0.3 is 0 Å². The van der Waals surface area contributed by atoms with Crippen LogP contribution in [0.5, 0.6) is 5.75 Å². The molecule has 9 heteroatoms. The molecular formula is C24H24FN3O4S. The Morgan fingerprint density at radius 1 is 1.00 bits per heavy atom. The first kappa shape index (κ1) is 23.9. The lowest BCUT2D eigenvalue weighted by Crippen LogP contribution is -2.39. The summed E-state index contributed by atoms with van der Waals surface area (Å²) < 4.78 is 46.2. The predicted octanol–water partition coefficient (Wildman–Crippen LogP) is 3.96. The average Bonchev–Trinajstić information content (AvgIpc) is 2.83. The topological polar surface area (TPSA) is 88.1 Å². The van der Waals surface area contributed by atoms with Crippen molar-refractivity contribution in [3.8, 4) is 5.75 Å². The Labute approximate surface area is 192 Å². The highest BCUT2D eigenvalue weighted by Gasteiger charge is 2.27. The molecule has 0 saturated heterocycles. The number of hydrogen-bond acceptors (Lipinski definition) is 5. The van der Waals surface area contributed by atoms with Gasteiger partial charge in [-0.2, -0.15) is 5.10 Å².